The van der Waals surface area contributed by atoms with Gasteiger partial charge in [-0.05, 0) is 0 Å². The molecule has 8 heteroatoms. The quantitative estimate of drug-likeness (QED) is 0.521. The van der Waals surface area contributed by atoms with Gasteiger partial charge in [0.2, 0.25) is 0 Å². The van der Waals surface area contributed by atoms with Crippen LogP contribution in [0, 0.1) is 11.8 Å². The molecule has 0 unspecified atom stereocenters. The Labute approximate surface area is 126 Å². The van der Waals surface area contributed by atoms with Crippen molar-refractivity contribution in [1.29, 1.82) is 0 Å². The minimum absolute atomic E-state index is 0.228. The van der Waals surface area contributed by atoms with Crippen molar-refractivity contribution < 1.29 is 14.9 Å². The Morgan fingerprint density at radius 2 is 2.27 bits per heavy atom. The molecule has 3 heterocycles. The van der Waals surface area contributed by atoms with Gasteiger partial charge in [0.05, 0.1) is 30.2 Å². The molecule has 1 aliphatic heterocycles. The molecule has 0 bridgehead atoms. The van der Waals surface area contributed by atoms with Gasteiger partial charge in [-0.1, -0.05) is 11.8 Å². The van der Waals surface area contributed by atoms with Crippen LogP contribution < -0.4 is 11.5 Å². The van der Waals surface area contributed by atoms with Crippen molar-refractivity contribution in [3.05, 3.63) is 18.1 Å². The fourth-order valence-electron chi connectivity index (χ4n) is 2.62. The molecular weight excluding hydrogens is 286 g/mol. The highest BCUT2D eigenvalue weighted by molar-refractivity contribution is 5.92. The molecule has 2 aromatic rings. The van der Waals surface area contributed by atoms with Gasteiger partial charge >= 0.3 is 0 Å². The fraction of sp³-hybridized carbons (Fsp3) is 0.429. The fourth-order valence-corrected chi connectivity index (χ4v) is 2.62. The van der Waals surface area contributed by atoms with Gasteiger partial charge in [-0.25, -0.2) is 9.97 Å². The molecule has 8 nitrogen and oxygen atoms in total. The van der Waals surface area contributed by atoms with Gasteiger partial charge < -0.3 is 31.0 Å². The number of ether oxygens (including phenoxy) is 1. The highest BCUT2D eigenvalue weighted by atomic mass is 16.5. The predicted octanol–water partition coefficient (Wildman–Crippen LogP) is -1.04. The lowest BCUT2D eigenvalue weighted by atomic mass is 10.2. The molecule has 0 radical (unpaired) electrons. The van der Waals surface area contributed by atoms with E-state index in [0.717, 1.165) is 0 Å². The van der Waals surface area contributed by atoms with Crippen LogP contribution in [0.1, 0.15) is 18.2 Å². The standard InChI is InChI=1S/C14H17N5O3/c15-3-1-2-8-5-19(11-4-9(21)10(6-20)22-11)14-12(8)13(16)17-7-18-14/h5,7,9-11,20-21H,3-4,6,15H2,(H2,16,17,18)/t9-,10-,11-/m1/s1. The summed E-state index contributed by atoms with van der Waals surface area (Å²) in [5, 5.41) is 19.7. The van der Waals surface area contributed by atoms with Crippen molar-refractivity contribution in [2.75, 3.05) is 18.9 Å². The van der Waals surface area contributed by atoms with Crippen LogP contribution in [0.15, 0.2) is 12.5 Å². The van der Waals surface area contributed by atoms with Crippen molar-refractivity contribution in [3.8, 4) is 11.8 Å². The molecular formula is C14H17N5O3. The zero-order valence-corrected chi connectivity index (χ0v) is 11.8. The van der Waals surface area contributed by atoms with Crippen molar-refractivity contribution >= 4 is 16.9 Å². The molecule has 3 atom stereocenters. The van der Waals surface area contributed by atoms with E-state index >= 15 is 0 Å². The highest BCUT2D eigenvalue weighted by Crippen LogP contribution is 2.33. The van der Waals surface area contributed by atoms with E-state index in [1.807, 2.05) is 0 Å². The third kappa shape index (κ3) is 2.40. The van der Waals surface area contributed by atoms with E-state index in [1.54, 1.807) is 10.8 Å². The Hall–Kier alpha value is -2.18. The van der Waals surface area contributed by atoms with E-state index in [9.17, 15) is 10.2 Å². The number of rotatable bonds is 2. The molecule has 2 aromatic heterocycles. The Morgan fingerprint density at radius 1 is 1.45 bits per heavy atom. The second-order valence-electron chi connectivity index (χ2n) is 5.03. The third-order valence-corrected chi connectivity index (χ3v) is 3.66. The van der Waals surface area contributed by atoms with Crippen LogP contribution in [0.4, 0.5) is 5.82 Å². The number of hydrogen-bond donors (Lipinski definition) is 4. The molecule has 1 fully saturated rings. The second kappa shape index (κ2) is 5.90. The minimum atomic E-state index is -0.731. The number of aliphatic hydroxyl groups excluding tert-OH is 2. The van der Waals surface area contributed by atoms with Gasteiger partial charge in [0.15, 0.2) is 0 Å². The molecule has 3 rings (SSSR count). The number of hydrogen-bond acceptors (Lipinski definition) is 7. The minimum Gasteiger partial charge on any atom is -0.394 e. The van der Waals surface area contributed by atoms with Gasteiger partial charge in [0, 0.05) is 12.6 Å². The van der Waals surface area contributed by atoms with E-state index < -0.39 is 18.4 Å². The first-order valence-corrected chi connectivity index (χ1v) is 6.90. The van der Waals surface area contributed by atoms with Crippen molar-refractivity contribution in [2.24, 2.45) is 5.73 Å². The molecule has 0 aromatic carbocycles. The van der Waals surface area contributed by atoms with Gasteiger partial charge in [0.25, 0.3) is 0 Å². The highest BCUT2D eigenvalue weighted by Gasteiger charge is 2.35. The third-order valence-electron chi connectivity index (χ3n) is 3.66. The summed E-state index contributed by atoms with van der Waals surface area (Å²) in [6.45, 7) is -0.0146. The zero-order chi connectivity index (χ0) is 15.7. The lowest BCUT2D eigenvalue weighted by molar-refractivity contribution is -0.0430. The summed E-state index contributed by atoms with van der Waals surface area (Å²) in [6, 6.07) is 0. The molecule has 116 valence electrons. The van der Waals surface area contributed by atoms with Crippen LogP contribution in [0.3, 0.4) is 0 Å². The van der Waals surface area contributed by atoms with Crippen LogP contribution in [-0.2, 0) is 4.74 Å². The number of aromatic nitrogens is 3. The second-order valence-corrected chi connectivity index (χ2v) is 5.03. The molecule has 0 amide bonds. The van der Waals surface area contributed by atoms with Crippen LogP contribution >= 0.6 is 0 Å². The topological polar surface area (TPSA) is 132 Å². The smallest absolute Gasteiger partial charge is 0.148 e. The molecule has 0 saturated carbocycles. The Bertz CT molecular complexity index is 748. The Morgan fingerprint density at radius 3 is 2.95 bits per heavy atom. The summed E-state index contributed by atoms with van der Waals surface area (Å²) in [4.78, 5) is 8.23. The first-order valence-electron chi connectivity index (χ1n) is 6.90. The number of nitrogens with zero attached hydrogens (tertiary/aromatic N) is 3. The maximum atomic E-state index is 9.90. The Balaban J connectivity index is 2.09. The largest absolute Gasteiger partial charge is 0.394 e. The first-order chi connectivity index (χ1) is 10.7. The number of anilines is 1. The lowest BCUT2D eigenvalue weighted by Crippen LogP contribution is -2.24. The van der Waals surface area contributed by atoms with E-state index in [4.69, 9.17) is 16.2 Å². The molecule has 1 aliphatic rings. The molecule has 1 saturated heterocycles. The Kier molecular flexibility index (Phi) is 3.96. The average molecular weight is 303 g/mol. The molecule has 0 aliphatic carbocycles. The summed E-state index contributed by atoms with van der Waals surface area (Å²) in [5.41, 5.74) is 12.6. The van der Waals surface area contributed by atoms with Gasteiger partial charge in [-0.15, -0.1) is 0 Å². The molecule has 0 spiro atoms. The van der Waals surface area contributed by atoms with E-state index in [0.29, 0.717) is 28.8 Å². The maximum absolute atomic E-state index is 9.90. The number of fused-ring (bicyclic) bond motifs is 1. The van der Waals surface area contributed by atoms with Crippen LogP contribution in [0.5, 0.6) is 0 Å². The number of aliphatic hydroxyl groups is 2. The summed E-state index contributed by atoms with van der Waals surface area (Å²) in [7, 11) is 0. The SMILES string of the molecule is NCC#Cc1cn([C@H]2C[C@@H](O)[C@@H](CO)O2)c2ncnc(N)c12. The predicted molar refractivity (Wildman–Crippen MR) is 79.5 cm³/mol. The molecule has 22 heavy (non-hydrogen) atoms. The van der Waals surface area contributed by atoms with E-state index in [1.165, 1.54) is 6.33 Å². The average Bonchev–Trinajstić information content (AvgIpc) is 3.06. The van der Waals surface area contributed by atoms with Crippen LogP contribution in [-0.4, -0.2) is 50.1 Å². The van der Waals surface area contributed by atoms with Crippen molar-refractivity contribution in [1.82, 2.24) is 14.5 Å². The number of nitrogens with two attached hydrogens (primary N) is 2. The van der Waals surface area contributed by atoms with E-state index in [-0.39, 0.29) is 13.2 Å². The van der Waals surface area contributed by atoms with Gasteiger partial charge in [0.1, 0.15) is 30.1 Å². The van der Waals surface area contributed by atoms with Gasteiger partial charge in [-0.3, -0.25) is 0 Å². The normalized spacial score (nSPS) is 24.4. The summed E-state index contributed by atoms with van der Waals surface area (Å²) in [6.07, 6.45) is 1.68. The summed E-state index contributed by atoms with van der Waals surface area (Å²) in [5.74, 6) is 6.05. The zero-order valence-electron chi connectivity index (χ0n) is 11.8. The maximum Gasteiger partial charge on any atom is 0.148 e. The first kappa shape index (κ1) is 14.7. The van der Waals surface area contributed by atoms with Gasteiger partial charge in [-0.2, -0.15) is 0 Å². The van der Waals surface area contributed by atoms with Crippen LogP contribution in [0.25, 0.3) is 11.0 Å². The summed E-state index contributed by atoms with van der Waals surface area (Å²) >= 11 is 0. The number of nitrogen functional groups attached to an aromatic ring is 1. The van der Waals surface area contributed by atoms with Crippen molar-refractivity contribution in [2.45, 2.75) is 24.9 Å². The lowest BCUT2D eigenvalue weighted by Gasteiger charge is -2.14. The summed E-state index contributed by atoms with van der Waals surface area (Å²) < 4.78 is 7.42. The molecule has 6 N–H and O–H groups in total. The van der Waals surface area contributed by atoms with Crippen LogP contribution in [0.2, 0.25) is 0 Å². The van der Waals surface area contributed by atoms with Crippen molar-refractivity contribution in [3.63, 3.8) is 0 Å². The van der Waals surface area contributed by atoms with E-state index in [2.05, 4.69) is 21.8 Å². The monoisotopic (exact) mass is 303 g/mol.